The fraction of sp³-hybridized carbons (Fsp3) is 0.167. The molecular formula is C18H14ClF2N3O3. The van der Waals surface area contributed by atoms with E-state index in [-0.39, 0.29) is 29.6 Å². The molecule has 1 aliphatic rings. The number of rotatable bonds is 4. The van der Waals surface area contributed by atoms with Gasteiger partial charge in [-0.1, -0.05) is 23.7 Å². The van der Waals surface area contributed by atoms with Gasteiger partial charge >= 0.3 is 6.61 Å². The Kier molecular flexibility index (Phi) is 5.66. The van der Waals surface area contributed by atoms with Crippen molar-refractivity contribution in [1.29, 1.82) is 0 Å². The van der Waals surface area contributed by atoms with Crippen molar-refractivity contribution in [2.24, 2.45) is 4.99 Å². The molecule has 2 amide bonds. The van der Waals surface area contributed by atoms with E-state index in [1.165, 1.54) is 24.3 Å². The fourth-order valence-electron chi connectivity index (χ4n) is 2.50. The number of nitrogens with one attached hydrogen (secondary N) is 2. The van der Waals surface area contributed by atoms with E-state index in [2.05, 4.69) is 20.4 Å². The average Bonchev–Trinajstić information content (AvgIpc) is 2.62. The zero-order valence-corrected chi connectivity index (χ0v) is 14.5. The molecule has 9 heteroatoms. The Morgan fingerprint density at radius 2 is 1.85 bits per heavy atom. The van der Waals surface area contributed by atoms with Crippen LogP contribution in [0.5, 0.6) is 5.75 Å². The predicted molar refractivity (Wildman–Crippen MR) is 94.9 cm³/mol. The van der Waals surface area contributed by atoms with Crippen LogP contribution in [0.15, 0.2) is 53.5 Å². The number of carbonyl (C=O) groups is 2. The number of halogens is 3. The van der Waals surface area contributed by atoms with Gasteiger partial charge in [0.15, 0.2) is 0 Å². The van der Waals surface area contributed by atoms with Crippen molar-refractivity contribution in [2.75, 3.05) is 0 Å². The molecule has 0 aliphatic carbocycles. The summed E-state index contributed by atoms with van der Waals surface area (Å²) in [7, 11) is 0. The van der Waals surface area contributed by atoms with Crippen LogP contribution in [-0.4, -0.2) is 24.4 Å². The summed E-state index contributed by atoms with van der Waals surface area (Å²) in [6.45, 7) is -2.94. The highest BCUT2D eigenvalue weighted by Crippen LogP contribution is 2.25. The van der Waals surface area contributed by atoms with Gasteiger partial charge in [0.05, 0.1) is 12.5 Å². The quantitative estimate of drug-likeness (QED) is 0.836. The number of aliphatic imine (C=N–C) groups is 1. The molecule has 6 nitrogen and oxygen atoms in total. The van der Waals surface area contributed by atoms with Crippen molar-refractivity contribution in [3.05, 3.63) is 64.7 Å². The summed E-state index contributed by atoms with van der Waals surface area (Å²) in [4.78, 5) is 28.6. The minimum Gasteiger partial charge on any atom is -0.435 e. The molecule has 1 heterocycles. The van der Waals surface area contributed by atoms with E-state index in [9.17, 15) is 18.4 Å². The summed E-state index contributed by atoms with van der Waals surface area (Å²) in [6.07, 6.45) is 0.140. The second-order valence-corrected chi connectivity index (χ2v) is 6.09. The third-order valence-electron chi connectivity index (χ3n) is 3.75. The van der Waals surface area contributed by atoms with Gasteiger partial charge in [0.2, 0.25) is 11.9 Å². The van der Waals surface area contributed by atoms with Crippen LogP contribution in [0.4, 0.5) is 8.78 Å². The molecule has 0 unspecified atom stereocenters. The Bertz CT molecular complexity index is 870. The smallest absolute Gasteiger partial charge is 0.387 e. The maximum absolute atomic E-state index is 12.3. The van der Waals surface area contributed by atoms with Crippen molar-refractivity contribution in [2.45, 2.75) is 19.1 Å². The van der Waals surface area contributed by atoms with E-state index in [1.54, 1.807) is 24.3 Å². The summed E-state index contributed by atoms with van der Waals surface area (Å²) >= 11 is 5.86. The SMILES string of the molecule is O=C1C[C@@H](c2ccc(Cl)cc2)N=C(NC(=O)c2ccc(OC(F)F)cc2)N1. The lowest BCUT2D eigenvalue weighted by atomic mass is 10.0. The minimum absolute atomic E-state index is 0.0177. The lowest BCUT2D eigenvalue weighted by Gasteiger charge is -2.21. The number of hydrogen-bond donors (Lipinski definition) is 2. The maximum Gasteiger partial charge on any atom is 0.387 e. The summed E-state index contributed by atoms with van der Waals surface area (Å²) in [5.41, 5.74) is 0.983. The van der Waals surface area contributed by atoms with Gasteiger partial charge in [-0.25, -0.2) is 4.99 Å². The van der Waals surface area contributed by atoms with Gasteiger partial charge in [-0.2, -0.15) is 8.78 Å². The van der Waals surface area contributed by atoms with Gasteiger partial charge in [-0.15, -0.1) is 0 Å². The van der Waals surface area contributed by atoms with E-state index in [4.69, 9.17) is 11.6 Å². The number of carbonyl (C=O) groups excluding carboxylic acids is 2. The van der Waals surface area contributed by atoms with Gasteiger partial charge in [0.1, 0.15) is 5.75 Å². The Morgan fingerprint density at radius 3 is 2.48 bits per heavy atom. The minimum atomic E-state index is -2.94. The van der Waals surface area contributed by atoms with Crippen molar-refractivity contribution in [3.63, 3.8) is 0 Å². The molecule has 0 bridgehead atoms. The molecule has 0 fully saturated rings. The van der Waals surface area contributed by atoms with Gasteiger partial charge in [-0.05, 0) is 42.0 Å². The Hall–Kier alpha value is -3.00. The molecular weight excluding hydrogens is 380 g/mol. The molecule has 0 aromatic heterocycles. The highest BCUT2D eigenvalue weighted by atomic mass is 35.5. The molecule has 2 aromatic rings. The number of alkyl halides is 2. The first kappa shape index (κ1) is 18.8. The Morgan fingerprint density at radius 1 is 1.19 bits per heavy atom. The summed E-state index contributed by atoms with van der Waals surface area (Å²) in [5.74, 6) is -0.882. The molecule has 27 heavy (non-hydrogen) atoms. The first-order chi connectivity index (χ1) is 12.9. The molecule has 1 aliphatic heterocycles. The van der Waals surface area contributed by atoms with Crippen LogP contribution in [0.1, 0.15) is 28.4 Å². The second-order valence-electron chi connectivity index (χ2n) is 5.65. The summed E-state index contributed by atoms with van der Waals surface area (Å²) in [6, 6.07) is 11.6. The highest BCUT2D eigenvalue weighted by Gasteiger charge is 2.23. The molecule has 0 saturated heterocycles. The van der Waals surface area contributed by atoms with Gasteiger partial charge in [0, 0.05) is 10.6 Å². The van der Waals surface area contributed by atoms with E-state index in [1.807, 2.05) is 0 Å². The van der Waals surface area contributed by atoms with E-state index < -0.39 is 18.6 Å². The molecule has 2 aromatic carbocycles. The normalized spacial score (nSPS) is 16.5. The zero-order valence-electron chi connectivity index (χ0n) is 13.8. The highest BCUT2D eigenvalue weighted by molar-refractivity contribution is 6.30. The third-order valence-corrected chi connectivity index (χ3v) is 4.00. The van der Waals surface area contributed by atoms with Crippen molar-refractivity contribution in [3.8, 4) is 5.75 Å². The van der Waals surface area contributed by atoms with Crippen LogP contribution in [0.3, 0.4) is 0 Å². The lowest BCUT2D eigenvalue weighted by Crippen LogP contribution is -2.47. The second kappa shape index (κ2) is 8.13. The number of nitrogens with zero attached hydrogens (tertiary/aromatic N) is 1. The van der Waals surface area contributed by atoms with Crippen molar-refractivity contribution in [1.82, 2.24) is 10.6 Å². The number of hydrogen-bond acceptors (Lipinski definition) is 4. The first-order valence-corrected chi connectivity index (χ1v) is 8.28. The molecule has 1 atom stereocenters. The van der Waals surface area contributed by atoms with Crippen LogP contribution in [0.2, 0.25) is 5.02 Å². The molecule has 2 N–H and O–H groups in total. The predicted octanol–water partition coefficient (Wildman–Crippen LogP) is 3.29. The first-order valence-electron chi connectivity index (χ1n) is 7.90. The van der Waals surface area contributed by atoms with E-state index >= 15 is 0 Å². The van der Waals surface area contributed by atoms with Crippen LogP contribution in [0.25, 0.3) is 0 Å². The number of benzene rings is 2. The third kappa shape index (κ3) is 5.01. The fourth-order valence-corrected chi connectivity index (χ4v) is 2.63. The number of guanidine groups is 1. The number of amides is 2. The Labute approximate surface area is 158 Å². The topological polar surface area (TPSA) is 79.8 Å². The lowest BCUT2D eigenvalue weighted by molar-refractivity contribution is -0.120. The number of ether oxygens (including phenoxy) is 1. The van der Waals surface area contributed by atoms with Crippen LogP contribution in [-0.2, 0) is 4.79 Å². The van der Waals surface area contributed by atoms with Crippen LogP contribution >= 0.6 is 11.6 Å². The summed E-state index contributed by atoms with van der Waals surface area (Å²) < 4.78 is 28.5. The van der Waals surface area contributed by atoms with E-state index in [0.29, 0.717) is 5.02 Å². The molecule has 0 spiro atoms. The van der Waals surface area contributed by atoms with Gasteiger partial charge < -0.3 is 4.74 Å². The van der Waals surface area contributed by atoms with Crippen molar-refractivity contribution >= 4 is 29.4 Å². The standard InChI is InChI=1S/C18H14ClF2N3O3/c19-12-5-1-10(2-6-12)14-9-15(25)23-18(22-14)24-16(26)11-3-7-13(8-4-11)27-17(20)21/h1-8,14,17H,9H2,(H2,22,23,24,25,26)/t14-/m0/s1. The average molecular weight is 394 g/mol. The monoisotopic (exact) mass is 393 g/mol. The molecule has 0 saturated carbocycles. The molecule has 3 rings (SSSR count). The zero-order chi connectivity index (χ0) is 19.4. The Balaban J connectivity index is 1.72. The summed E-state index contributed by atoms with van der Waals surface area (Å²) in [5, 5.41) is 5.56. The maximum atomic E-state index is 12.3. The molecule has 0 radical (unpaired) electrons. The van der Waals surface area contributed by atoms with Gasteiger partial charge in [-0.3, -0.25) is 20.2 Å². The molecule has 140 valence electrons. The van der Waals surface area contributed by atoms with E-state index in [0.717, 1.165) is 5.56 Å². The van der Waals surface area contributed by atoms with Crippen LogP contribution in [0, 0.1) is 0 Å². The largest absolute Gasteiger partial charge is 0.435 e. The van der Waals surface area contributed by atoms with Crippen LogP contribution < -0.4 is 15.4 Å². The van der Waals surface area contributed by atoms with Crippen molar-refractivity contribution < 1.29 is 23.1 Å². The van der Waals surface area contributed by atoms with Gasteiger partial charge in [0.25, 0.3) is 5.91 Å².